The lowest BCUT2D eigenvalue weighted by Gasteiger charge is -2.45. The summed E-state index contributed by atoms with van der Waals surface area (Å²) in [5.74, 6) is -3.58. The Balaban J connectivity index is 1.97. The Hall–Kier alpha value is -2.61. The van der Waals surface area contributed by atoms with Crippen molar-refractivity contribution in [3.63, 3.8) is 0 Å². The van der Waals surface area contributed by atoms with Crippen LogP contribution in [0.2, 0.25) is 5.02 Å². The van der Waals surface area contributed by atoms with Gasteiger partial charge in [0, 0.05) is 39.1 Å². The number of phosphoric ester groups is 1. The number of rotatable bonds is 9. The molecular weight excluding hydrogens is 582 g/mol. The molecule has 16 heteroatoms. The van der Waals surface area contributed by atoms with Crippen molar-refractivity contribution in [3.05, 3.63) is 34.9 Å². The van der Waals surface area contributed by atoms with E-state index in [9.17, 15) is 23.7 Å². The van der Waals surface area contributed by atoms with Crippen molar-refractivity contribution in [1.82, 2.24) is 0 Å². The van der Waals surface area contributed by atoms with Gasteiger partial charge in [-0.2, -0.15) is 0 Å². The molecule has 40 heavy (non-hydrogen) atoms. The average molecular weight is 611 g/mol. The van der Waals surface area contributed by atoms with Gasteiger partial charge in [0.25, 0.3) is 0 Å². The molecule has 2 fully saturated rings. The van der Waals surface area contributed by atoms with E-state index in [0.29, 0.717) is 10.6 Å². The van der Waals surface area contributed by atoms with E-state index < -0.39 is 81.3 Å². The molecular formula is C24H29ClFO13P. The molecule has 0 saturated carbocycles. The first-order chi connectivity index (χ1) is 18.8. The summed E-state index contributed by atoms with van der Waals surface area (Å²) in [5, 5.41) is 0.402. The van der Waals surface area contributed by atoms with Gasteiger partial charge < -0.3 is 23.7 Å². The fraction of sp³-hybridized carbons (Fsp3) is 0.583. The highest BCUT2D eigenvalue weighted by atomic mass is 35.5. The second kappa shape index (κ2) is 13.8. The van der Waals surface area contributed by atoms with Crippen molar-refractivity contribution in [3.8, 4) is 0 Å². The number of carbonyl (C=O) groups is 4. The van der Waals surface area contributed by atoms with E-state index in [1.54, 1.807) is 24.3 Å². The van der Waals surface area contributed by atoms with E-state index in [-0.39, 0.29) is 13.0 Å². The summed E-state index contributed by atoms with van der Waals surface area (Å²) in [4.78, 5) is 47.1. The van der Waals surface area contributed by atoms with Gasteiger partial charge in [-0.3, -0.25) is 32.7 Å². The molecule has 0 bridgehead atoms. The van der Waals surface area contributed by atoms with E-state index in [1.807, 2.05) is 0 Å². The van der Waals surface area contributed by atoms with Crippen LogP contribution in [0, 0.1) is 0 Å². The average Bonchev–Trinajstić information content (AvgIpc) is 2.85. The lowest BCUT2D eigenvalue weighted by Crippen LogP contribution is -2.64. The second-order valence-corrected chi connectivity index (χ2v) is 10.8. The minimum Gasteiger partial charge on any atom is -0.463 e. The largest absolute Gasteiger partial charge is 0.477 e. The maximum absolute atomic E-state index is 15.4. The van der Waals surface area contributed by atoms with Crippen LogP contribution < -0.4 is 0 Å². The van der Waals surface area contributed by atoms with Gasteiger partial charge in [-0.15, -0.1) is 0 Å². The first-order valence-corrected chi connectivity index (χ1v) is 13.9. The van der Waals surface area contributed by atoms with Crippen LogP contribution in [0.5, 0.6) is 0 Å². The Kier molecular flexibility index (Phi) is 11.0. The number of benzene rings is 1. The highest BCUT2D eigenvalue weighted by Gasteiger charge is 2.57. The highest BCUT2D eigenvalue weighted by molar-refractivity contribution is 7.48. The van der Waals surface area contributed by atoms with Gasteiger partial charge in [0.2, 0.25) is 6.29 Å². The fourth-order valence-electron chi connectivity index (χ4n) is 4.10. The zero-order chi connectivity index (χ0) is 29.6. The summed E-state index contributed by atoms with van der Waals surface area (Å²) in [6, 6.07) is 6.58. The van der Waals surface area contributed by atoms with Gasteiger partial charge in [0.05, 0.1) is 12.7 Å². The number of halogens is 2. The molecule has 2 aliphatic heterocycles. The maximum atomic E-state index is 15.4. The molecule has 8 atom stereocenters. The van der Waals surface area contributed by atoms with E-state index in [1.165, 1.54) is 0 Å². The lowest BCUT2D eigenvalue weighted by atomic mass is 9.95. The molecule has 1 aromatic carbocycles. The van der Waals surface area contributed by atoms with Crippen molar-refractivity contribution in [2.45, 2.75) is 77.1 Å². The van der Waals surface area contributed by atoms with E-state index in [0.717, 1.165) is 27.7 Å². The second-order valence-electron chi connectivity index (χ2n) is 8.83. The minimum atomic E-state index is -4.51. The van der Waals surface area contributed by atoms with Gasteiger partial charge in [-0.25, -0.2) is 8.96 Å². The minimum absolute atomic E-state index is 0.0928. The maximum Gasteiger partial charge on any atom is 0.477 e. The van der Waals surface area contributed by atoms with Gasteiger partial charge in [-0.05, 0) is 17.7 Å². The summed E-state index contributed by atoms with van der Waals surface area (Å²) in [6.45, 7) is 3.12. The zero-order valence-electron chi connectivity index (χ0n) is 22.0. The number of alkyl halides is 1. The van der Waals surface area contributed by atoms with Crippen LogP contribution in [0.3, 0.4) is 0 Å². The predicted molar refractivity (Wildman–Crippen MR) is 131 cm³/mol. The third-order valence-corrected chi connectivity index (χ3v) is 7.29. The van der Waals surface area contributed by atoms with Gasteiger partial charge in [0.1, 0.15) is 12.7 Å². The molecule has 2 saturated heterocycles. The molecule has 0 spiro atoms. The predicted octanol–water partition coefficient (Wildman–Crippen LogP) is 3.36. The molecule has 0 aliphatic carbocycles. The van der Waals surface area contributed by atoms with Crippen LogP contribution in [0.4, 0.5) is 4.39 Å². The number of ether oxygens (including phenoxy) is 5. The fourth-order valence-corrected chi connectivity index (χ4v) is 5.76. The molecule has 0 aromatic heterocycles. The van der Waals surface area contributed by atoms with Crippen molar-refractivity contribution in [2.75, 3.05) is 13.2 Å². The third-order valence-electron chi connectivity index (χ3n) is 5.58. The zero-order valence-corrected chi connectivity index (χ0v) is 23.6. The third kappa shape index (κ3) is 8.69. The smallest absolute Gasteiger partial charge is 0.463 e. The highest BCUT2D eigenvalue weighted by Crippen LogP contribution is 2.58. The Morgan fingerprint density at radius 2 is 1.62 bits per heavy atom. The van der Waals surface area contributed by atoms with Crippen LogP contribution >= 0.6 is 19.4 Å². The standard InChI is InChI=1S/C24H29ClFO13P/c1-12(27)32-11-18(26)20-21(34-13(2)28)22(35-14(3)29)23(36-15(4)30)24(37-20)39-40(31)33-9-8-19(38-40)16-6-5-7-17(25)10-16/h5-7,10,18-24H,8-9,11H2,1-4H3/t18-,19?,20+,21+,22-,23-,24+,40?/m0/s1. The van der Waals surface area contributed by atoms with Crippen LogP contribution in [0.15, 0.2) is 24.3 Å². The van der Waals surface area contributed by atoms with Crippen molar-refractivity contribution >= 4 is 43.3 Å². The van der Waals surface area contributed by atoms with Crippen LogP contribution in [-0.2, 0) is 61.0 Å². The molecule has 3 rings (SSSR count). The topological polar surface area (TPSA) is 159 Å². The molecule has 2 heterocycles. The Labute approximate surface area is 234 Å². The molecule has 0 N–H and O–H groups in total. The number of carbonyl (C=O) groups excluding carboxylic acids is 4. The van der Waals surface area contributed by atoms with Crippen molar-refractivity contribution in [2.24, 2.45) is 0 Å². The molecule has 13 nitrogen and oxygen atoms in total. The van der Waals surface area contributed by atoms with E-state index in [2.05, 4.69) is 0 Å². The quantitative estimate of drug-likeness (QED) is 0.228. The first-order valence-electron chi connectivity index (χ1n) is 12.1. The summed E-state index contributed by atoms with van der Waals surface area (Å²) in [7, 11) is -4.51. The molecule has 0 radical (unpaired) electrons. The lowest BCUT2D eigenvalue weighted by molar-refractivity contribution is -0.297. The van der Waals surface area contributed by atoms with Crippen molar-refractivity contribution < 1.29 is 65.4 Å². The number of phosphoric acid groups is 1. The molecule has 222 valence electrons. The Morgan fingerprint density at radius 1 is 1.00 bits per heavy atom. The molecule has 0 amide bonds. The Morgan fingerprint density at radius 3 is 2.23 bits per heavy atom. The van der Waals surface area contributed by atoms with Crippen LogP contribution in [0.1, 0.15) is 45.8 Å². The van der Waals surface area contributed by atoms with E-state index >= 15 is 4.39 Å². The Bertz CT molecular complexity index is 1150. The summed E-state index contributed by atoms with van der Waals surface area (Å²) < 4.78 is 71.5. The summed E-state index contributed by atoms with van der Waals surface area (Å²) >= 11 is 6.06. The first kappa shape index (κ1) is 31.9. The van der Waals surface area contributed by atoms with Crippen molar-refractivity contribution in [1.29, 1.82) is 0 Å². The van der Waals surface area contributed by atoms with E-state index in [4.69, 9.17) is 48.9 Å². The number of esters is 4. The number of hydrogen-bond donors (Lipinski definition) is 0. The normalized spacial score (nSPS) is 30.9. The molecule has 1 aromatic rings. The molecule has 2 aliphatic rings. The monoisotopic (exact) mass is 610 g/mol. The summed E-state index contributed by atoms with van der Waals surface area (Å²) in [6.07, 6.45) is -11.6. The SMILES string of the molecule is CC(=O)OC[C@H](F)[C@H]1O[C@H](OP2(=O)OCCC(c3cccc(Cl)c3)O2)[C@@H](OC(C)=O)[C@@H](OC(C)=O)[C@@H]1OC(C)=O. The number of hydrogen-bond acceptors (Lipinski definition) is 13. The van der Waals surface area contributed by atoms with Gasteiger partial charge >= 0.3 is 31.7 Å². The summed E-state index contributed by atoms with van der Waals surface area (Å²) in [5.41, 5.74) is 0.566. The van der Waals surface area contributed by atoms with Crippen LogP contribution in [0.25, 0.3) is 0 Å². The van der Waals surface area contributed by atoms with Crippen LogP contribution in [-0.4, -0.2) is 74.0 Å². The van der Waals surface area contributed by atoms with Gasteiger partial charge in [-0.1, -0.05) is 23.7 Å². The molecule has 2 unspecified atom stereocenters. The van der Waals surface area contributed by atoms with Gasteiger partial charge in [0.15, 0.2) is 24.5 Å².